The molecule has 0 spiro atoms. The summed E-state index contributed by atoms with van der Waals surface area (Å²) in [6.45, 7) is 7.31. The molecule has 1 aromatic carbocycles. The molecule has 2 heterocycles. The van der Waals surface area contributed by atoms with Crippen LogP contribution in [0.25, 0.3) is 0 Å². The highest BCUT2D eigenvalue weighted by Gasteiger charge is 2.46. The minimum atomic E-state index is -0.442. The molecule has 0 radical (unpaired) electrons. The van der Waals surface area contributed by atoms with E-state index in [-0.39, 0.29) is 12.1 Å². The molecule has 1 N–H and O–H groups in total. The van der Waals surface area contributed by atoms with Gasteiger partial charge in [0.25, 0.3) is 0 Å². The zero-order valence-electron chi connectivity index (χ0n) is 14.2. The Hall–Kier alpha value is -1.95. The van der Waals surface area contributed by atoms with Crippen LogP contribution in [0.5, 0.6) is 0 Å². The summed E-state index contributed by atoms with van der Waals surface area (Å²) in [4.78, 5) is 21.4. The Morgan fingerprint density at radius 2 is 1.87 bits per heavy atom. The number of carbonyl (C=O) groups is 1. The van der Waals surface area contributed by atoms with Crippen LogP contribution in [0.15, 0.2) is 24.3 Å². The average molecular weight is 319 g/mol. The first-order chi connectivity index (χ1) is 10.9. The maximum absolute atomic E-state index is 12.3. The Bertz CT molecular complexity index is 567. The van der Waals surface area contributed by atoms with Crippen molar-refractivity contribution in [2.45, 2.75) is 44.9 Å². The molecule has 3 rings (SSSR count). The van der Waals surface area contributed by atoms with Gasteiger partial charge in [-0.3, -0.25) is 10.3 Å². The Morgan fingerprint density at radius 1 is 1.17 bits per heavy atom. The highest BCUT2D eigenvalue weighted by Crippen LogP contribution is 2.35. The molecule has 2 fully saturated rings. The molecule has 2 unspecified atom stereocenters. The molecule has 0 aliphatic carbocycles. The number of nitrogens with zero attached hydrogens (tertiary/aromatic N) is 2. The number of hydrogen-bond acceptors (Lipinski definition) is 5. The van der Waals surface area contributed by atoms with Crippen molar-refractivity contribution in [3.63, 3.8) is 0 Å². The number of rotatable bonds is 3. The van der Waals surface area contributed by atoms with E-state index in [4.69, 9.17) is 9.57 Å². The fraction of sp³-hybridized carbons (Fsp3) is 0.588. The third kappa shape index (κ3) is 3.37. The van der Waals surface area contributed by atoms with Gasteiger partial charge >= 0.3 is 6.09 Å². The molecule has 6 nitrogen and oxygen atoms in total. The third-order valence-electron chi connectivity index (χ3n) is 4.29. The molecule has 2 saturated heterocycles. The van der Waals surface area contributed by atoms with E-state index >= 15 is 0 Å². The molecule has 1 aromatic rings. The van der Waals surface area contributed by atoms with E-state index in [0.29, 0.717) is 6.04 Å². The van der Waals surface area contributed by atoms with Gasteiger partial charge in [-0.15, -0.1) is 0 Å². The van der Waals surface area contributed by atoms with Gasteiger partial charge in [0, 0.05) is 24.8 Å². The van der Waals surface area contributed by atoms with Crippen molar-refractivity contribution < 1.29 is 14.4 Å². The predicted octanol–water partition coefficient (Wildman–Crippen LogP) is 2.86. The van der Waals surface area contributed by atoms with Gasteiger partial charge < -0.3 is 14.5 Å². The second-order valence-electron chi connectivity index (χ2n) is 7.18. The van der Waals surface area contributed by atoms with Gasteiger partial charge in [0.1, 0.15) is 5.60 Å². The number of ether oxygens (including phenoxy) is 1. The summed E-state index contributed by atoms with van der Waals surface area (Å²) in [6.07, 6.45) is 0.821. The van der Waals surface area contributed by atoms with Crippen LogP contribution in [-0.4, -0.2) is 48.9 Å². The van der Waals surface area contributed by atoms with Crippen molar-refractivity contribution in [1.29, 1.82) is 0 Å². The van der Waals surface area contributed by atoms with Crippen molar-refractivity contribution in [3.05, 3.63) is 24.3 Å². The topological polar surface area (TPSA) is 54.0 Å². The fourth-order valence-corrected chi connectivity index (χ4v) is 3.37. The number of amides is 1. The summed E-state index contributed by atoms with van der Waals surface area (Å²) in [5.74, 6) is 0. The summed E-state index contributed by atoms with van der Waals surface area (Å²) in [5, 5.41) is 0. The lowest BCUT2D eigenvalue weighted by Gasteiger charge is -2.36. The molecule has 126 valence electrons. The lowest BCUT2D eigenvalue weighted by molar-refractivity contribution is 0.0215. The quantitative estimate of drug-likeness (QED) is 0.868. The Morgan fingerprint density at radius 3 is 2.39 bits per heavy atom. The van der Waals surface area contributed by atoms with E-state index in [0.717, 1.165) is 25.2 Å². The smallest absolute Gasteiger partial charge is 0.410 e. The Balaban J connectivity index is 1.63. The molecule has 1 amide bonds. The van der Waals surface area contributed by atoms with Crippen LogP contribution in [0.4, 0.5) is 16.2 Å². The second-order valence-corrected chi connectivity index (χ2v) is 7.18. The molecule has 2 bridgehead atoms. The first-order valence-corrected chi connectivity index (χ1v) is 8.03. The van der Waals surface area contributed by atoms with Gasteiger partial charge in [0.2, 0.25) is 0 Å². The normalized spacial score (nSPS) is 23.3. The van der Waals surface area contributed by atoms with E-state index in [2.05, 4.69) is 22.5 Å². The minimum Gasteiger partial charge on any atom is -0.444 e. The van der Waals surface area contributed by atoms with Crippen molar-refractivity contribution >= 4 is 17.5 Å². The number of benzene rings is 1. The van der Waals surface area contributed by atoms with Crippen molar-refractivity contribution in [2.75, 3.05) is 30.6 Å². The van der Waals surface area contributed by atoms with Crippen LogP contribution >= 0.6 is 0 Å². The summed E-state index contributed by atoms with van der Waals surface area (Å²) in [5.41, 5.74) is 4.48. The summed E-state index contributed by atoms with van der Waals surface area (Å²) < 4.78 is 5.50. The molecule has 2 aliphatic rings. The second kappa shape index (κ2) is 5.92. The average Bonchev–Trinajstić information content (AvgIpc) is 3.07. The molecule has 0 saturated carbocycles. The van der Waals surface area contributed by atoms with Gasteiger partial charge in [-0.05, 0) is 51.5 Å². The number of hydrogen-bond donors (Lipinski definition) is 1. The number of piperazine rings is 1. The lowest BCUT2D eigenvalue weighted by Crippen LogP contribution is -2.50. The van der Waals surface area contributed by atoms with Crippen molar-refractivity contribution in [3.8, 4) is 0 Å². The van der Waals surface area contributed by atoms with Crippen molar-refractivity contribution in [1.82, 2.24) is 4.90 Å². The molecule has 2 atom stereocenters. The van der Waals surface area contributed by atoms with Crippen molar-refractivity contribution in [2.24, 2.45) is 0 Å². The van der Waals surface area contributed by atoms with Crippen LogP contribution in [-0.2, 0) is 9.57 Å². The van der Waals surface area contributed by atoms with Gasteiger partial charge in [0.15, 0.2) is 0 Å². The first-order valence-electron chi connectivity index (χ1n) is 8.03. The fourth-order valence-electron chi connectivity index (χ4n) is 3.37. The Kier molecular flexibility index (Phi) is 4.10. The highest BCUT2D eigenvalue weighted by molar-refractivity contribution is 5.70. The number of likely N-dealkylation sites (tertiary alicyclic amines) is 1. The van der Waals surface area contributed by atoms with Gasteiger partial charge in [0.05, 0.1) is 18.8 Å². The molecule has 23 heavy (non-hydrogen) atoms. The SMILES string of the molecule is CONc1ccc(N2CC3CC2CN3C(=O)OC(C)(C)C)cc1. The van der Waals surface area contributed by atoms with Gasteiger partial charge in [-0.2, -0.15) is 0 Å². The zero-order chi connectivity index (χ0) is 16.6. The number of carbonyl (C=O) groups excluding carboxylic acids is 1. The summed E-state index contributed by atoms with van der Waals surface area (Å²) in [7, 11) is 1.60. The van der Waals surface area contributed by atoms with Crippen LogP contribution in [0.1, 0.15) is 27.2 Å². The van der Waals surface area contributed by atoms with Crippen LogP contribution in [0.2, 0.25) is 0 Å². The zero-order valence-corrected chi connectivity index (χ0v) is 14.2. The van der Waals surface area contributed by atoms with Crippen LogP contribution in [0.3, 0.4) is 0 Å². The van der Waals surface area contributed by atoms with E-state index in [9.17, 15) is 4.79 Å². The monoisotopic (exact) mass is 319 g/mol. The molecule has 2 aliphatic heterocycles. The van der Waals surface area contributed by atoms with E-state index in [1.165, 1.54) is 5.69 Å². The number of nitrogens with one attached hydrogen (secondary N) is 1. The van der Waals surface area contributed by atoms with E-state index in [1.54, 1.807) is 7.11 Å². The van der Waals surface area contributed by atoms with E-state index < -0.39 is 5.60 Å². The third-order valence-corrected chi connectivity index (χ3v) is 4.29. The summed E-state index contributed by atoms with van der Waals surface area (Å²) in [6, 6.07) is 8.77. The Labute approximate surface area is 137 Å². The first kappa shape index (κ1) is 15.9. The largest absolute Gasteiger partial charge is 0.444 e. The van der Waals surface area contributed by atoms with Crippen LogP contribution in [0, 0.1) is 0 Å². The van der Waals surface area contributed by atoms with Gasteiger partial charge in [-0.1, -0.05) is 0 Å². The van der Waals surface area contributed by atoms with E-state index in [1.807, 2.05) is 37.8 Å². The molecule has 6 heteroatoms. The maximum atomic E-state index is 12.3. The van der Waals surface area contributed by atoms with Crippen LogP contribution < -0.4 is 10.4 Å². The molecule has 0 aromatic heterocycles. The standard InChI is InChI=1S/C17H25N3O3/c1-17(2,3)23-16(21)20-11-14-9-15(20)10-19(14)13-7-5-12(6-8-13)18-22-4/h5-8,14-15,18H,9-11H2,1-4H3. The highest BCUT2D eigenvalue weighted by atomic mass is 16.6. The molecular formula is C17H25N3O3. The maximum Gasteiger partial charge on any atom is 0.410 e. The minimum absolute atomic E-state index is 0.190. The predicted molar refractivity (Wildman–Crippen MR) is 89.6 cm³/mol. The van der Waals surface area contributed by atoms with Gasteiger partial charge in [-0.25, -0.2) is 4.79 Å². The number of anilines is 2. The lowest BCUT2D eigenvalue weighted by atomic mass is 10.2. The number of fused-ring (bicyclic) bond motifs is 2. The summed E-state index contributed by atoms with van der Waals surface area (Å²) >= 11 is 0. The molecular weight excluding hydrogens is 294 g/mol.